The molecule has 1 aliphatic rings. The van der Waals surface area contributed by atoms with Crippen LogP contribution >= 0.6 is 0 Å². The van der Waals surface area contributed by atoms with Crippen molar-refractivity contribution in [2.75, 3.05) is 33.7 Å². The Morgan fingerprint density at radius 2 is 1.89 bits per heavy atom. The van der Waals surface area contributed by atoms with Gasteiger partial charge in [0, 0.05) is 31.7 Å². The van der Waals surface area contributed by atoms with Gasteiger partial charge in [0.05, 0.1) is 0 Å². The largest absolute Gasteiger partial charge is 1.00 e. The molecule has 5 nitrogen and oxygen atoms in total. The van der Waals surface area contributed by atoms with E-state index in [9.17, 15) is 14.7 Å². The van der Waals surface area contributed by atoms with E-state index in [1.165, 1.54) is 0 Å². The minimum Gasteiger partial charge on any atom is -0.550 e. The van der Waals surface area contributed by atoms with Crippen LogP contribution in [0.3, 0.4) is 0 Å². The Labute approximate surface area is 126 Å². The van der Waals surface area contributed by atoms with Gasteiger partial charge in [-0.2, -0.15) is 0 Å². The molecular weight excluding hydrogens is 239 g/mol. The van der Waals surface area contributed by atoms with Crippen molar-refractivity contribution >= 4 is 11.9 Å². The Hall–Kier alpha value is -0.763. The van der Waals surface area contributed by atoms with Crippen LogP contribution in [-0.4, -0.2) is 55.4 Å². The molecule has 0 N–H and O–H groups in total. The molecule has 0 atom stereocenters. The summed E-state index contributed by atoms with van der Waals surface area (Å²) in [5.41, 5.74) is 0. The van der Waals surface area contributed by atoms with Gasteiger partial charge in [-0.15, -0.1) is 0 Å². The summed E-state index contributed by atoms with van der Waals surface area (Å²) in [6.07, 6.45) is 5.05. The monoisotopic (exact) mass is 260 g/mol. The molecule has 102 valence electrons. The first-order valence-corrected chi connectivity index (χ1v) is 6.29. The molecule has 0 spiro atoms. The molecule has 6 heteroatoms. The maximum Gasteiger partial charge on any atom is 1.00 e. The summed E-state index contributed by atoms with van der Waals surface area (Å²) in [5.74, 6) is -0.820. The first-order valence-electron chi connectivity index (χ1n) is 6.29. The van der Waals surface area contributed by atoms with Gasteiger partial charge in [0.1, 0.15) is 0 Å². The summed E-state index contributed by atoms with van der Waals surface area (Å²) in [6.45, 7) is 2.03. The molecule has 1 fully saturated rings. The van der Waals surface area contributed by atoms with E-state index >= 15 is 0 Å². The molecule has 1 aliphatic heterocycles. The molecule has 1 heterocycles. The molecule has 1 amide bonds. The summed E-state index contributed by atoms with van der Waals surface area (Å²) in [5, 5.41) is 10.5. The van der Waals surface area contributed by atoms with Gasteiger partial charge >= 0.3 is 18.9 Å². The molecule has 0 aromatic carbocycles. The number of amides is 1. The van der Waals surface area contributed by atoms with Gasteiger partial charge in [-0.25, -0.2) is 0 Å². The Bertz CT molecular complexity index is 324. The number of nitrogens with zero attached hydrogens (tertiary/aromatic N) is 2. The molecule has 0 aromatic heterocycles. The van der Waals surface area contributed by atoms with Gasteiger partial charge in [0.15, 0.2) is 0 Å². The van der Waals surface area contributed by atoms with Crippen LogP contribution in [0.2, 0.25) is 0 Å². The van der Waals surface area contributed by atoms with Crippen LogP contribution in [0.25, 0.3) is 0 Å². The third kappa shape index (κ3) is 7.41. The number of carbonyl (C=O) groups is 2. The Morgan fingerprint density at radius 1 is 1.32 bits per heavy atom. The summed E-state index contributed by atoms with van der Waals surface area (Å²) in [7, 11) is 3.89. The fraction of sp³-hybridized carbons (Fsp3) is 0.692. The van der Waals surface area contributed by atoms with E-state index in [1.54, 1.807) is 11.0 Å². The molecule has 0 aromatic rings. The first kappa shape index (κ1) is 18.2. The van der Waals surface area contributed by atoms with Crippen molar-refractivity contribution in [3.05, 3.63) is 12.2 Å². The Balaban J connectivity index is 0.00000324. The van der Waals surface area contributed by atoms with Gasteiger partial charge in [0.2, 0.25) is 5.91 Å². The molecule has 0 radical (unpaired) electrons. The molecule has 0 aliphatic carbocycles. The minimum absolute atomic E-state index is 0. The zero-order valence-electron chi connectivity index (χ0n) is 12.1. The molecular formula is C13H21LiN2O3. The second kappa shape index (κ2) is 9.19. The predicted molar refractivity (Wildman–Crippen MR) is 66.6 cm³/mol. The number of carbonyl (C=O) groups excluding carboxylic acids is 2. The SMILES string of the molecule is CN(C)C/C=C/C(=O)N1CCC(CC(=O)[O-])CC1.[Li+]. The number of piperidine rings is 1. The zero-order valence-corrected chi connectivity index (χ0v) is 12.1. The summed E-state index contributed by atoms with van der Waals surface area (Å²) in [6, 6.07) is 0. The molecule has 0 saturated carbocycles. The zero-order chi connectivity index (χ0) is 13.5. The minimum atomic E-state index is -0.995. The van der Waals surface area contributed by atoms with Crippen molar-refractivity contribution in [1.29, 1.82) is 0 Å². The number of hydrogen-bond acceptors (Lipinski definition) is 4. The first-order chi connectivity index (χ1) is 8.49. The number of carboxylic acid groups (broad SMARTS) is 1. The van der Waals surface area contributed by atoms with Crippen molar-refractivity contribution in [2.24, 2.45) is 5.92 Å². The van der Waals surface area contributed by atoms with Crippen molar-refractivity contribution in [3.8, 4) is 0 Å². The maximum absolute atomic E-state index is 11.8. The van der Waals surface area contributed by atoms with Crippen LogP contribution in [-0.2, 0) is 9.59 Å². The number of likely N-dealkylation sites (N-methyl/N-ethyl adjacent to an activating group) is 1. The molecule has 0 unspecified atom stereocenters. The van der Waals surface area contributed by atoms with Crippen molar-refractivity contribution in [2.45, 2.75) is 19.3 Å². The van der Waals surface area contributed by atoms with Crippen LogP contribution < -0.4 is 24.0 Å². The maximum atomic E-state index is 11.8. The van der Waals surface area contributed by atoms with E-state index in [0.717, 1.165) is 19.4 Å². The fourth-order valence-corrected chi connectivity index (χ4v) is 2.06. The third-order valence-electron chi connectivity index (χ3n) is 3.11. The average Bonchev–Trinajstić information content (AvgIpc) is 2.28. The van der Waals surface area contributed by atoms with Gasteiger partial charge in [-0.1, -0.05) is 6.08 Å². The summed E-state index contributed by atoms with van der Waals surface area (Å²) >= 11 is 0. The fourth-order valence-electron chi connectivity index (χ4n) is 2.06. The van der Waals surface area contributed by atoms with Crippen LogP contribution in [0.5, 0.6) is 0 Å². The molecule has 19 heavy (non-hydrogen) atoms. The predicted octanol–water partition coefficient (Wildman–Crippen LogP) is -3.51. The third-order valence-corrected chi connectivity index (χ3v) is 3.11. The van der Waals surface area contributed by atoms with E-state index in [0.29, 0.717) is 13.1 Å². The van der Waals surface area contributed by atoms with E-state index in [4.69, 9.17) is 0 Å². The van der Waals surface area contributed by atoms with Gasteiger partial charge in [-0.05, 0) is 39.3 Å². The normalized spacial score (nSPS) is 16.7. The average molecular weight is 260 g/mol. The standard InChI is InChI=1S/C13H22N2O3.Li/c1-14(2)7-3-4-12(16)15-8-5-11(6-9-15)10-13(17)18;/h3-4,11H,5-10H2,1-2H3,(H,17,18);/q;+1/p-1/b4-3+;. The second-order valence-corrected chi connectivity index (χ2v) is 5.01. The Morgan fingerprint density at radius 3 is 2.37 bits per heavy atom. The quantitative estimate of drug-likeness (QED) is 0.380. The molecule has 0 bridgehead atoms. The van der Waals surface area contributed by atoms with Crippen molar-refractivity contribution < 1.29 is 33.6 Å². The van der Waals surface area contributed by atoms with E-state index in [-0.39, 0.29) is 37.1 Å². The van der Waals surface area contributed by atoms with Gasteiger partial charge in [0.25, 0.3) is 0 Å². The topological polar surface area (TPSA) is 63.7 Å². The summed E-state index contributed by atoms with van der Waals surface area (Å²) in [4.78, 5) is 26.0. The van der Waals surface area contributed by atoms with E-state index < -0.39 is 5.97 Å². The number of aliphatic carboxylic acids is 1. The summed E-state index contributed by atoms with van der Waals surface area (Å²) < 4.78 is 0. The van der Waals surface area contributed by atoms with E-state index in [2.05, 4.69) is 0 Å². The number of likely N-dealkylation sites (tertiary alicyclic amines) is 1. The van der Waals surface area contributed by atoms with Crippen LogP contribution in [0.1, 0.15) is 19.3 Å². The van der Waals surface area contributed by atoms with Crippen molar-refractivity contribution in [3.63, 3.8) is 0 Å². The van der Waals surface area contributed by atoms with Crippen molar-refractivity contribution in [1.82, 2.24) is 9.80 Å². The molecule has 1 saturated heterocycles. The van der Waals surface area contributed by atoms with E-state index in [1.807, 2.05) is 25.1 Å². The smallest absolute Gasteiger partial charge is 0.550 e. The van der Waals surface area contributed by atoms with Gasteiger partial charge in [-0.3, -0.25) is 4.79 Å². The van der Waals surface area contributed by atoms with Gasteiger partial charge < -0.3 is 19.7 Å². The number of carboxylic acids is 1. The van der Waals surface area contributed by atoms with Crippen LogP contribution in [0, 0.1) is 5.92 Å². The molecule has 1 rings (SSSR count). The second-order valence-electron chi connectivity index (χ2n) is 5.01. The van der Waals surface area contributed by atoms with Crippen LogP contribution in [0.4, 0.5) is 0 Å². The van der Waals surface area contributed by atoms with Crippen LogP contribution in [0.15, 0.2) is 12.2 Å². The Kier molecular flexibility index (Phi) is 8.82. The number of hydrogen-bond donors (Lipinski definition) is 0. The number of rotatable bonds is 5.